The van der Waals surface area contributed by atoms with Crippen LogP contribution in [0.4, 0.5) is 0 Å². The fourth-order valence-electron chi connectivity index (χ4n) is 2.13. The normalized spacial score (nSPS) is 12.1. The van der Waals surface area contributed by atoms with Crippen LogP contribution in [0.2, 0.25) is 0 Å². The van der Waals surface area contributed by atoms with Crippen LogP contribution in [0.5, 0.6) is 11.5 Å². The first kappa shape index (κ1) is 14.4. The van der Waals surface area contributed by atoms with Gasteiger partial charge in [0.25, 0.3) is 0 Å². The average molecular weight is 271 g/mol. The summed E-state index contributed by atoms with van der Waals surface area (Å²) in [4.78, 5) is 0. The van der Waals surface area contributed by atoms with Gasteiger partial charge in [-0.25, -0.2) is 0 Å². The number of aromatic hydroxyl groups is 1. The van der Waals surface area contributed by atoms with Crippen LogP contribution in [0.1, 0.15) is 36.9 Å². The number of phenolic OH excluding ortho intramolecular Hbond substituents is 1. The molecule has 2 aromatic carbocycles. The minimum atomic E-state index is -0.122. The zero-order valence-electron chi connectivity index (χ0n) is 11.8. The molecule has 2 rings (SSSR count). The predicted molar refractivity (Wildman–Crippen MR) is 80.7 cm³/mol. The quantitative estimate of drug-likeness (QED) is 0.840. The molecule has 3 N–H and O–H groups in total. The standard InChI is InChI=1S/C17H21NO2/c1-2-6-16(18)15-10-9-14(11-17(15)19)20-12-13-7-4-3-5-8-13/h3-5,7-11,16,19H,2,6,12,18H2,1H3/t16-/m1/s1. The van der Waals surface area contributed by atoms with E-state index in [4.69, 9.17) is 10.5 Å². The molecule has 0 aromatic heterocycles. The van der Waals surface area contributed by atoms with Crippen molar-refractivity contribution in [3.05, 3.63) is 59.7 Å². The fourth-order valence-corrected chi connectivity index (χ4v) is 2.13. The molecule has 3 nitrogen and oxygen atoms in total. The summed E-state index contributed by atoms with van der Waals surface area (Å²) in [6, 6.07) is 15.1. The van der Waals surface area contributed by atoms with Gasteiger partial charge in [-0.2, -0.15) is 0 Å². The van der Waals surface area contributed by atoms with Gasteiger partial charge in [0.05, 0.1) is 0 Å². The van der Waals surface area contributed by atoms with E-state index in [0.717, 1.165) is 24.0 Å². The molecule has 0 saturated carbocycles. The van der Waals surface area contributed by atoms with E-state index >= 15 is 0 Å². The number of phenols is 1. The van der Waals surface area contributed by atoms with Gasteiger partial charge in [0.1, 0.15) is 18.1 Å². The molecule has 0 bridgehead atoms. The third-order valence-electron chi connectivity index (χ3n) is 3.25. The lowest BCUT2D eigenvalue weighted by atomic mass is 10.0. The van der Waals surface area contributed by atoms with Crippen LogP contribution in [-0.4, -0.2) is 5.11 Å². The zero-order valence-corrected chi connectivity index (χ0v) is 11.8. The van der Waals surface area contributed by atoms with Crippen LogP contribution in [0.3, 0.4) is 0 Å². The molecule has 0 radical (unpaired) electrons. The Morgan fingerprint density at radius 2 is 1.90 bits per heavy atom. The molecule has 0 saturated heterocycles. The second-order valence-electron chi connectivity index (χ2n) is 4.89. The summed E-state index contributed by atoms with van der Waals surface area (Å²) in [7, 11) is 0. The highest BCUT2D eigenvalue weighted by atomic mass is 16.5. The average Bonchev–Trinajstić information content (AvgIpc) is 2.46. The van der Waals surface area contributed by atoms with Crippen molar-refractivity contribution >= 4 is 0 Å². The Labute approximate surface area is 120 Å². The first-order valence-electron chi connectivity index (χ1n) is 6.96. The Morgan fingerprint density at radius 1 is 1.15 bits per heavy atom. The first-order chi connectivity index (χ1) is 9.70. The summed E-state index contributed by atoms with van der Waals surface area (Å²) in [5, 5.41) is 10.0. The maximum atomic E-state index is 10.0. The number of ether oxygens (including phenoxy) is 1. The van der Waals surface area contributed by atoms with Crippen LogP contribution in [0.15, 0.2) is 48.5 Å². The highest BCUT2D eigenvalue weighted by molar-refractivity contribution is 5.41. The SMILES string of the molecule is CCC[C@@H](N)c1ccc(OCc2ccccc2)cc1O. The van der Waals surface area contributed by atoms with Crippen molar-refractivity contribution in [1.82, 2.24) is 0 Å². The second kappa shape index (κ2) is 6.96. The van der Waals surface area contributed by atoms with Crippen molar-refractivity contribution in [3.8, 4) is 11.5 Å². The number of nitrogens with two attached hydrogens (primary N) is 1. The first-order valence-corrected chi connectivity index (χ1v) is 6.96. The lowest BCUT2D eigenvalue weighted by molar-refractivity contribution is 0.304. The Hall–Kier alpha value is -2.00. The van der Waals surface area contributed by atoms with Crippen molar-refractivity contribution in [2.75, 3.05) is 0 Å². The molecule has 20 heavy (non-hydrogen) atoms. The van der Waals surface area contributed by atoms with Gasteiger partial charge in [0, 0.05) is 17.7 Å². The van der Waals surface area contributed by atoms with Crippen molar-refractivity contribution in [3.63, 3.8) is 0 Å². The van der Waals surface area contributed by atoms with E-state index in [1.165, 1.54) is 0 Å². The Balaban J connectivity index is 2.02. The maximum Gasteiger partial charge on any atom is 0.124 e. The number of benzene rings is 2. The highest BCUT2D eigenvalue weighted by Gasteiger charge is 2.10. The third-order valence-corrected chi connectivity index (χ3v) is 3.25. The molecule has 1 atom stereocenters. The molecular formula is C17H21NO2. The monoisotopic (exact) mass is 271 g/mol. The van der Waals surface area contributed by atoms with Crippen LogP contribution in [0, 0.1) is 0 Å². The Kier molecular flexibility index (Phi) is 5.02. The summed E-state index contributed by atoms with van der Waals surface area (Å²) in [6.07, 6.45) is 1.85. The van der Waals surface area contributed by atoms with E-state index in [1.54, 1.807) is 6.07 Å². The summed E-state index contributed by atoms with van der Waals surface area (Å²) in [6.45, 7) is 2.56. The van der Waals surface area contributed by atoms with E-state index < -0.39 is 0 Å². The fraction of sp³-hybridized carbons (Fsp3) is 0.294. The van der Waals surface area contributed by atoms with Crippen molar-refractivity contribution in [1.29, 1.82) is 0 Å². The minimum absolute atomic E-state index is 0.122. The molecule has 0 fully saturated rings. The van der Waals surface area contributed by atoms with Crippen LogP contribution in [0.25, 0.3) is 0 Å². The van der Waals surface area contributed by atoms with Gasteiger partial charge in [-0.15, -0.1) is 0 Å². The molecule has 106 valence electrons. The number of hydrogen-bond donors (Lipinski definition) is 2. The molecule has 0 spiro atoms. The second-order valence-corrected chi connectivity index (χ2v) is 4.89. The lowest BCUT2D eigenvalue weighted by Crippen LogP contribution is -2.09. The maximum absolute atomic E-state index is 10.0. The van der Waals surface area contributed by atoms with Crippen LogP contribution >= 0.6 is 0 Å². The van der Waals surface area contributed by atoms with Gasteiger partial charge >= 0.3 is 0 Å². The Bertz CT molecular complexity index is 540. The molecule has 0 unspecified atom stereocenters. The topological polar surface area (TPSA) is 55.5 Å². The van der Waals surface area contributed by atoms with Crippen molar-refractivity contribution in [2.45, 2.75) is 32.4 Å². The van der Waals surface area contributed by atoms with E-state index in [1.807, 2.05) is 42.5 Å². The third kappa shape index (κ3) is 3.75. The van der Waals surface area contributed by atoms with Gasteiger partial charge in [-0.1, -0.05) is 49.7 Å². The number of rotatable bonds is 6. The van der Waals surface area contributed by atoms with E-state index in [0.29, 0.717) is 12.4 Å². The van der Waals surface area contributed by atoms with Crippen molar-refractivity contribution in [2.24, 2.45) is 5.73 Å². The van der Waals surface area contributed by atoms with Gasteiger partial charge in [0.2, 0.25) is 0 Å². The van der Waals surface area contributed by atoms with Gasteiger partial charge < -0.3 is 15.6 Å². The molecule has 0 aliphatic rings. The summed E-state index contributed by atoms with van der Waals surface area (Å²) in [5.74, 6) is 0.857. The molecule has 3 heteroatoms. The highest BCUT2D eigenvalue weighted by Crippen LogP contribution is 2.29. The predicted octanol–water partition coefficient (Wildman–Crippen LogP) is 3.77. The van der Waals surface area contributed by atoms with Gasteiger partial charge in [-0.3, -0.25) is 0 Å². The largest absolute Gasteiger partial charge is 0.507 e. The lowest BCUT2D eigenvalue weighted by Gasteiger charge is -2.14. The smallest absolute Gasteiger partial charge is 0.124 e. The molecule has 2 aromatic rings. The van der Waals surface area contributed by atoms with E-state index in [9.17, 15) is 5.11 Å². The summed E-state index contributed by atoms with van der Waals surface area (Å²) < 4.78 is 5.67. The zero-order chi connectivity index (χ0) is 14.4. The molecule has 0 amide bonds. The molecule has 0 aliphatic heterocycles. The van der Waals surface area contributed by atoms with Gasteiger partial charge in [0.15, 0.2) is 0 Å². The van der Waals surface area contributed by atoms with Crippen LogP contribution in [-0.2, 0) is 6.61 Å². The van der Waals surface area contributed by atoms with Crippen LogP contribution < -0.4 is 10.5 Å². The number of hydrogen-bond acceptors (Lipinski definition) is 3. The van der Waals surface area contributed by atoms with Crippen molar-refractivity contribution < 1.29 is 9.84 Å². The summed E-state index contributed by atoms with van der Waals surface area (Å²) >= 11 is 0. The molecule has 0 aliphatic carbocycles. The minimum Gasteiger partial charge on any atom is -0.507 e. The van der Waals surface area contributed by atoms with E-state index in [-0.39, 0.29) is 11.8 Å². The molecule has 0 heterocycles. The van der Waals surface area contributed by atoms with Gasteiger partial charge in [-0.05, 0) is 18.1 Å². The molecular weight excluding hydrogens is 250 g/mol. The summed E-state index contributed by atoms with van der Waals surface area (Å²) in [5.41, 5.74) is 7.89. The Morgan fingerprint density at radius 3 is 2.55 bits per heavy atom. The van der Waals surface area contributed by atoms with E-state index in [2.05, 4.69) is 6.92 Å².